The fourth-order valence-corrected chi connectivity index (χ4v) is 3.93. The van der Waals surface area contributed by atoms with Crippen molar-refractivity contribution in [1.29, 1.82) is 0 Å². The second-order valence-electron chi connectivity index (χ2n) is 7.70. The predicted octanol–water partition coefficient (Wildman–Crippen LogP) is 1.34. The smallest absolute Gasteiger partial charge is 0.414 e. The zero-order chi connectivity index (χ0) is 22.7. The molecule has 2 aliphatic heterocycles. The van der Waals surface area contributed by atoms with Crippen LogP contribution in [0.4, 0.5) is 20.6 Å². The highest BCUT2D eigenvalue weighted by Gasteiger charge is 2.34. The SMILES string of the molecule is CC(=O)NC[C@H]1CN(c2ccc(N3CCNCC3C(=O)c3ccncc3)c(F)c2)C(=O)O1. The Kier molecular flexibility index (Phi) is 6.31. The first-order valence-corrected chi connectivity index (χ1v) is 10.4. The van der Waals surface area contributed by atoms with Gasteiger partial charge in [-0.05, 0) is 30.3 Å². The summed E-state index contributed by atoms with van der Waals surface area (Å²) in [6.07, 6.45) is 2.00. The van der Waals surface area contributed by atoms with Gasteiger partial charge in [-0.3, -0.25) is 19.5 Å². The van der Waals surface area contributed by atoms with Crippen molar-refractivity contribution in [3.63, 3.8) is 0 Å². The standard InChI is InChI=1S/C22H24FN5O4/c1-14(29)26-11-17-13-28(22(31)32-17)16-2-3-19(18(23)10-16)27-9-8-25-12-20(27)21(30)15-4-6-24-7-5-15/h2-7,10,17,20,25H,8-9,11-13H2,1H3,(H,26,29)/t17-,20?/m0/s1. The minimum atomic E-state index is -0.597. The van der Waals surface area contributed by atoms with Crippen molar-refractivity contribution in [3.8, 4) is 0 Å². The Labute approximate surface area is 184 Å². The lowest BCUT2D eigenvalue weighted by atomic mass is 10.0. The van der Waals surface area contributed by atoms with E-state index in [1.54, 1.807) is 41.6 Å². The molecule has 0 aliphatic carbocycles. The van der Waals surface area contributed by atoms with Crippen molar-refractivity contribution in [1.82, 2.24) is 15.6 Å². The molecule has 0 bridgehead atoms. The van der Waals surface area contributed by atoms with E-state index in [0.717, 1.165) is 0 Å². The van der Waals surface area contributed by atoms with Gasteiger partial charge in [0.25, 0.3) is 0 Å². The minimum Gasteiger partial charge on any atom is -0.442 e. The molecule has 2 atom stereocenters. The Hall–Kier alpha value is -3.53. The number of nitrogens with zero attached hydrogens (tertiary/aromatic N) is 3. The maximum Gasteiger partial charge on any atom is 0.414 e. The number of carbonyl (C=O) groups is 3. The topological polar surface area (TPSA) is 104 Å². The molecule has 2 fully saturated rings. The summed E-state index contributed by atoms with van der Waals surface area (Å²) in [5.74, 6) is -0.871. The molecule has 3 heterocycles. The Bertz CT molecular complexity index is 1020. The molecule has 2 saturated heterocycles. The highest BCUT2D eigenvalue weighted by atomic mass is 19.1. The molecule has 9 nitrogen and oxygen atoms in total. The number of hydrogen-bond donors (Lipinski definition) is 2. The van der Waals surface area contributed by atoms with Crippen LogP contribution < -0.4 is 20.4 Å². The number of halogens is 1. The number of rotatable bonds is 6. The lowest BCUT2D eigenvalue weighted by Gasteiger charge is -2.37. The number of piperazine rings is 1. The molecule has 1 aromatic carbocycles. The van der Waals surface area contributed by atoms with Gasteiger partial charge in [0.2, 0.25) is 5.91 Å². The van der Waals surface area contributed by atoms with E-state index in [2.05, 4.69) is 15.6 Å². The zero-order valence-electron chi connectivity index (χ0n) is 17.6. The van der Waals surface area contributed by atoms with Gasteiger partial charge in [0.05, 0.1) is 24.5 Å². The highest BCUT2D eigenvalue weighted by Crippen LogP contribution is 2.30. The number of pyridine rings is 1. The zero-order valence-corrected chi connectivity index (χ0v) is 17.6. The number of anilines is 2. The van der Waals surface area contributed by atoms with Gasteiger partial charge in [0, 0.05) is 44.5 Å². The molecule has 0 radical (unpaired) electrons. The lowest BCUT2D eigenvalue weighted by molar-refractivity contribution is -0.119. The molecule has 4 rings (SSSR count). The number of Topliss-reactive ketones (excluding diaryl/α,β-unsaturated/α-hetero) is 1. The molecule has 1 aromatic heterocycles. The van der Waals surface area contributed by atoms with Crippen LogP contribution in [0.25, 0.3) is 0 Å². The van der Waals surface area contributed by atoms with E-state index in [0.29, 0.717) is 36.6 Å². The number of ether oxygens (including phenoxy) is 1. The quantitative estimate of drug-likeness (QED) is 0.652. The number of carbonyl (C=O) groups excluding carboxylic acids is 3. The molecule has 2 aliphatic rings. The first-order chi connectivity index (χ1) is 15.4. The number of amides is 2. The maximum atomic E-state index is 15.2. The Morgan fingerprint density at radius 3 is 2.78 bits per heavy atom. The van der Waals surface area contributed by atoms with Gasteiger partial charge in [0.15, 0.2) is 5.78 Å². The monoisotopic (exact) mass is 441 g/mol. The summed E-state index contributed by atoms with van der Waals surface area (Å²) in [4.78, 5) is 43.4. The summed E-state index contributed by atoms with van der Waals surface area (Å²) in [5, 5.41) is 5.80. The second kappa shape index (κ2) is 9.31. The van der Waals surface area contributed by atoms with Gasteiger partial charge >= 0.3 is 6.09 Å². The van der Waals surface area contributed by atoms with Gasteiger partial charge in [-0.15, -0.1) is 0 Å². The largest absolute Gasteiger partial charge is 0.442 e. The normalized spacial score (nSPS) is 20.8. The van der Waals surface area contributed by atoms with E-state index in [9.17, 15) is 14.4 Å². The van der Waals surface area contributed by atoms with Gasteiger partial charge < -0.3 is 20.3 Å². The van der Waals surface area contributed by atoms with E-state index < -0.39 is 24.1 Å². The summed E-state index contributed by atoms with van der Waals surface area (Å²) in [7, 11) is 0. The number of hydrogen-bond acceptors (Lipinski definition) is 7. The van der Waals surface area contributed by atoms with E-state index in [-0.39, 0.29) is 24.8 Å². The first-order valence-electron chi connectivity index (χ1n) is 10.4. The molecular formula is C22H24FN5O4. The van der Waals surface area contributed by atoms with Gasteiger partial charge in [-0.25, -0.2) is 9.18 Å². The van der Waals surface area contributed by atoms with Crippen LogP contribution in [0.1, 0.15) is 17.3 Å². The lowest BCUT2D eigenvalue weighted by Crippen LogP contribution is -2.55. The van der Waals surface area contributed by atoms with Crippen LogP contribution in [0.5, 0.6) is 0 Å². The molecule has 32 heavy (non-hydrogen) atoms. The molecule has 10 heteroatoms. The van der Waals surface area contributed by atoms with Crippen molar-refractivity contribution in [2.75, 3.05) is 42.5 Å². The summed E-state index contributed by atoms with van der Waals surface area (Å²) in [6.45, 7) is 3.25. The molecule has 0 spiro atoms. The van der Waals surface area contributed by atoms with Crippen LogP contribution in [0.15, 0.2) is 42.7 Å². The molecule has 0 saturated carbocycles. The van der Waals surface area contributed by atoms with Crippen LogP contribution >= 0.6 is 0 Å². The Balaban J connectivity index is 1.52. The third kappa shape index (κ3) is 4.54. The van der Waals surface area contributed by atoms with E-state index >= 15 is 4.39 Å². The number of aromatic nitrogens is 1. The molecule has 168 valence electrons. The first kappa shape index (κ1) is 21.7. The van der Waals surface area contributed by atoms with E-state index in [4.69, 9.17) is 4.74 Å². The summed E-state index contributed by atoms with van der Waals surface area (Å²) in [6, 6.07) is 7.21. The van der Waals surface area contributed by atoms with Gasteiger partial charge in [-0.1, -0.05) is 0 Å². The van der Waals surface area contributed by atoms with Crippen LogP contribution in [0.3, 0.4) is 0 Å². The van der Waals surface area contributed by atoms with Crippen LogP contribution in [-0.4, -0.2) is 67.6 Å². The van der Waals surface area contributed by atoms with Crippen molar-refractivity contribution in [3.05, 3.63) is 54.1 Å². The number of ketones is 1. The predicted molar refractivity (Wildman–Crippen MR) is 115 cm³/mol. The van der Waals surface area contributed by atoms with Gasteiger partial charge in [0.1, 0.15) is 18.0 Å². The molecular weight excluding hydrogens is 417 g/mol. The van der Waals surface area contributed by atoms with Crippen molar-refractivity contribution < 1.29 is 23.5 Å². The Morgan fingerprint density at radius 2 is 2.06 bits per heavy atom. The average molecular weight is 441 g/mol. The van der Waals surface area contributed by atoms with Gasteiger partial charge in [-0.2, -0.15) is 0 Å². The summed E-state index contributed by atoms with van der Waals surface area (Å²) < 4.78 is 20.4. The summed E-state index contributed by atoms with van der Waals surface area (Å²) >= 11 is 0. The fraction of sp³-hybridized carbons (Fsp3) is 0.364. The number of cyclic esters (lactones) is 1. The van der Waals surface area contributed by atoms with E-state index in [1.807, 2.05) is 0 Å². The molecule has 2 N–H and O–H groups in total. The van der Waals surface area contributed by atoms with Crippen LogP contribution in [0, 0.1) is 5.82 Å². The van der Waals surface area contributed by atoms with Crippen LogP contribution in [-0.2, 0) is 9.53 Å². The van der Waals surface area contributed by atoms with E-state index in [1.165, 1.54) is 17.9 Å². The van der Waals surface area contributed by atoms with Crippen LogP contribution in [0.2, 0.25) is 0 Å². The second-order valence-corrected chi connectivity index (χ2v) is 7.70. The molecule has 1 unspecified atom stereocenters. The molecule has 2 aromatic rings. The third-order valence-corrected chi connectivity index (χ3v) is 5.52. The molecule has 2 amide bonds. The number of nitrogens with one attached hydrogen (secondary N) is 2. The summed E-state index contributed by atoms with van der Waals surface area (Å²) in [5.41, 5.74) is 1.17. The number of benzene rings is 1. The Morgan fingerprint density at radius 1 is 1.28 bits per heavy atom. The maximum absolute atomic E-state index is 15.2. The van der Waals surface area contributed by atoms with Crippen molar-refractivity contribution in [2.24, 2.45) is 0 Å². The third-order valence-electron chi connectivity index (χ3n) is 5.52. The highest BCUT2D eigenvalue weighted by molar-refractivity contribution is 6.02. The van der Waals surface area contributed by atoms with Crippen molar-refractivity contribution >= 4 is 29.2 Å². The van der Waals surface area contributed by atoms with Crippen molar-refractivity contribution in [2.45, 2.75) is 19.1 Å². The fourth-order valence-electron chi connectivity index (χ4n) is 3.93. The minimum absolute atomic E-state index is 0.119. The average Bonchev–Trinajstić information content (AvgIpc) is 3.18.